The molecule has 0 spiro atoms. The van der Waals surface area contributed by atoms with E-state index in [0.29, 0.717) is 17.1 Å². The molecule has 6 aromatic rings. The highest BCUT2D eigenvalue weighted by molar-refractivity contribution is 6.63. The van der Waals surface area contributed by atoms with Gasteiger partial charge in [-0.3, -0.25) is 4.57 Å². The maximum absolute atomic E-state index is 10.1. The zero-order chi connectivity index (χ0) is 23.1. The van der Waals surface area contributed by atoms with Crippen molar-refractivity contribution in [3.8, 4) is 28.5 Å². The van der Waals surface area contributed by atoms with Crippen LogP contribution in [0.5, 0.6) is 0 Å². The Morgan fingerprint density at radius 1 is 0.618 bits per heavy atom. The van der Waals surface area contributed by atoms with Gasteiger partial charge in [-0.05, 0) is 17.6 Å². The third-order valence-electron chi connectivity index (χ3n) is 6.05. The molecule has 2 N–H and O–H groups in total. The summed E-state index contributed by atoms with van der Waals surface area (Å²) in [6, 6.07) is 35.5. The second-order valence-corrected chi connectivity index (χ2v) is 8.13. The van der Waals surface area contributed by atoms with E-state index in [9.17, 15) is 10.0 Å². The molecule has 0 bridgehead atoms. The molecule has 6 rings (SSSR count). The molecule has 0 saturated heterocycles. The van der Waals surface area contributed by atoms with E-state index in [1.165, 1.54) is 0 Å². The van der Waals surface area contributed by atoms with Crippen molar-refractivity contribution in [1.29, 1.82) is 0 Å². The van der Waals surface area contributed by atoms with Crippen LogP contribution in [0.2, 0.25) is 0 Å². The Bertz CT molecular complexity index is 1570. The summed E-state index contributed by atoms with van der Waals surface area (Å²) >= 11 is 0. The van der Waals surface area contributed by atoms with E-state index >= 15 is 0 Å². The van der Waals surface area contributed by atoms with Crippen molar-refractivity contribution >= 4 is 34.4 Å². The lowest BCUT2D eigenvalue weighted by atomic mass is 9.77. The monoisotopic (exact) mass is 441 g/mol. The zero-order valence-corrected chi connectivity index (χ0v) is 18.2. The lowest BCUT2D eigenvalue weighted by Crippen LogP contribution is -2.30. The van der Waals surface area contributed by atoms with E-state index in [1.807, 2.05) is 103 Å². The van der Waals surface area contributed by atoms with Crippen LogP contribution in [-0.2, 0) is 0 Å². The van der Waals surface area contributed by atoms with Crippen molar-refractivity contribution in [3.05, 3.63) is 109 Å². The molecule has 162 valence electrons. The van der Waals surface area contributed by atoms with Gasteiger partial charge in [0.05, 0.1) is 16.7 Å². The molecule has 0 fully saturated rings. The standard InChI is InChI=1S/C28H20BN3O2/c33-29(34)22-15-9-17-25-27(22)21-14-7-8-16-24(21)32(25)26-18-23(19-10-3-1-4-11-19)30-28(31-26)20-12-5-2-6-13-20/h1-18,33-34H. The molecular formula is C28H20BN3O2. The van der Waals surface area contributed by atoms with Crippen molar-refractivity contribution in [2.75, 3.05) is 0 Å². The van der Waals surface area contributed by atoms with Crippen molar-refractivity contribution < 1.29 is 10.0 Å². The number of nitrogens with zero attached hydrogens (tertiary/aromatic N) is 3. The van der Waals surface area contributed by atoms with Gasteiger partial charge in [-0.1, -0.05) is 91.0 Å². The quantitative estimate of drug-likeness (QED) is 0.393. The Morgan fingerprint density at radius 3 is 2.00 bits per heavy atom. The zero-order valence-electron chi connectivity index (χ0n) is 18.2. The summed E-state index contributed by atoms with van der Waals surface area (Å²) in [5, 5.41) is 21.9. The maximum atomic E-state index is 10.1. The third-order valence-corrected chi connectivity index (χ3v) is 6.05. The van der Waals surface area contributed by atoms with E-state index in [0.717, 1.165) is 38.6 Å². The minimum Gasteiger partial charge on any atom is -0.423 e. The number of hydrogen-bond donors (Lipinski definition) is 2. The van der Waals surface area contributed by atoms with Crippen molar-refractivity contribution in [1.82, 2.24) is 14.5 Å². The number of hydrogen-bond acceptors (Lipinski definition) is 4. The van der Waals surface area contributed by atoms with Gasteiger partial charge in [0.15, 0.2) is 5.82 Å². The predicted octanol–water partition coefficient (Wildman–Crippen LogP) is 4.59. The summed E-state index contributed by atoms with van der Waals surface area (Å²) in [6.07, 6.45) is 0. The molecule has 2 aromatic heterocycles. The summed E-state index contributed by atoms with van der Waals surface area (Å²) in [5.41, 5.74) is 4.98. The lowest BCUT2D eigenvalue weighted by molar-refractivity contribution is 0.426. The summed E-state index contributed by atoms with van der Waals surface area (Å²) in [5.74, 6) is 1.34. The molecule has 6 heteroatoms. The molecule has 0 saturated carbocycles. The highest BCUT2D eigenvalue weighted by Gasteiger charge is 2.22. The normalized spacial score (nSPS) is 11.2. The Morgan fingerprint density at radius 2 is 1.26 bits per heavy atom. The molecule has 0 radical (unpaired) electrons. The first-order valence-corrected chi connectivity index (χ1v) is 11.1. The Hall–Kier alpha value is -4.26. The van der Waals surface area contributed by atoms with Crippen LogP contribution in [0.4, 0.5) is 0 Å². The molecule has 0 aliphatic heterocycles. The first-order chi connectivity index (χ1) is 16.7. The molecule has 0 aliphatic carbocycles. The van der Waals surface area contributed by atoms with Crippen LogP contribution in [0, 0.1) is 0 Å². The largest absolute Gasteiger partial charge is 0.489 e. The maximum Gasteiger partial charge on any atom is 0.489 e. The Kier molecular flexibility index (Phi) is 4.95. The van der Waals surface area contributed by atoms with Gasteiger partial charge in [0, 0.05) is 28.0 Å². The number of para-hydroxylation sites is 1. The van der Waals surface area contributed by atoms with Crippen LogP contribution in [-0.4, -0.2) is 31.7 Å². The van der Waals surface area contributed by atoms with E-state index in [2.05, 4.69) is 4.57 Å². The van der Waals surface area contributed by atoms with Gasteiger partial charge in [-0.15, -0.1) is 0 Å². The van der Waals surface area contributed by atoms with Gasteiger partial charge in [-0.2, -0.15) is 0 Å². The number of benzene rings is 4. The lowest BCUT2D eigenvalue weighted by Gasteiger charge is -2.12. The smallest absolute Gasteiger partial charge is 0.423 e. The molecule has 0 unspecified atom stereocenters. The Labute approximate surface area is 196 Å². The minimum atomic E-state index is -1.58. The van der Waals surface area contributed by atoms with Gasteiger partial charge in [0.1, 0.15) is 5.82 Å². The fraction of sp³-hybridized carbons (Fsp3) is 0. The predicted molar refractivity (Wildman–Crippen MR) is 137 cm³/mol. The van der Waals surface area contributed by atoms with Crippen molar-refractivity contribution in [2.24, 2.45) is 0 Å². The SMILES string of the molecule is OB(O)c1cccc2c1c1ccccc1n2-c1cc(-c2ccccc2)nc(-c2ccccc2)n1. The van der Waals surface area contributed by atoms with Gasteiger partial charge >= 0.3 is 7.12 Å². The van der Waals surface area contributed by atoms with Crippen LogP contribution in [0.15, 0.2) is 109 Å². The summed E-state index contributed by atoms with van der Waals surface area (Å²) < 4.78 is 2.07. The van der Waals surface area contributed by atoms with E-state index < -0.39 is 7.12 Å². The second kappa shape index (κ2) is 8.26. The average molecular weight is 441 g/mol. The van der Waals surface area contributed by atoms with Gasteiger partial charge in [0.2, 0.25) is 0 Å². The van der Waals surface area contributed by atoms with Crippen LogP contribution in [0.3, 0.4) is 0 Å². The molecule has 4 aromatic carbocycles. The van der Waals surface area contributed by atoms with E-state index in [-0.39, 0.29) is 0 Å². The van der Waals surface area contributed by atoms with Gasteiger partial charge < -0.3 is 10.0 Å². The topological polar surface area (TPSA) is 71.2 Å². The number of rotatable bonds is 4. The molecule has 0 aliphatic rings. The van der Waals surface area contributed by atoms with Crippen molar-refractivity contribution in [2.45, 2.75) is 0 Å². The molecular weight excluding hydrogens is 421 g/mol. The van der Waals surface area contributed by atoms with Crippen LogP contribution in [0.25, 0.3) is 50.3 Å². The van der Waals surface area contributed by atoms with Crippen molar-refractivity contribution in [3.63, 3.8) is 0 Å². The van der Waals surface area contributed by atoms with Crippen LogP contribution < -0.4 is 5.46 Å². The molecule has 5 nitrogen and oxygen atoms in total. The minimum absolute atomic E-state index is 0.466. The average Bonchev–Trinajstić information content (AvgIpc) is 3.24. The molecule has 0 atom stereocenters. The van der Waals surface area contributed by atoms with Gasteiger partial charge in [0.25, 0.3) is 0 Å². The third kappa shape index (κ3) is 3.37. The summed E-state index contributed by atoms with van der Waals surface area (Å²) in [4.78, 5) is 9.86. The second-order valence-electron chi connectivity index (χ2n) is 8.13. The fourth-order valence-corrected chi connectivity index (χ4v) is 4.53. The first-order valence-electron chi connectivity index (χ1n) is 11.1. The summed E-state index contributed by atoms with van der Waals surface area (Å²) in [7, 11) is -1.58. The molecule has 2 heterocycles. The van der Waals surface area contributed by atoms with E-state index in [1.54, 1.807) is 6.07 Å². The number of fused-ring (bicyclic) bond motifs is 3. The highest BCUT2D eigenvalue weighted by Crippen LogP contribution is 2.32. The highest BCUT2D eigenvalue weighted by atomic mass is 16.4. The number of aromatic nitrogens is 3. The first kappa shape index (κ1) is 20.4. The fourth-order valence-electron chi connectivity index (χ4n) is 4.53. The molecule has 34 heavy (non-hydrogen) atoms. The van der Waals surface area contributed by atoms with Crippen LogP contribution in [0.1, 0.15) is 0 Å². The van der Waals surface area contributed by atoms with E-state index in [4.69, 9.17) is 9.97 Å². The van der Waals surface area contributed by atoms with Gasteiger partial charge in [-0.25, -0.2) is 9.97 Å². The van der Waals surface area contributed by atoms with Crippen LogP contribution >= 0.6 is 0 Å². The molecule has 0 amide bonds. The Balaban J connectivity index is 1.71. The summed E-state index contributed by atoms with van der Waals surface area (Å²) in [6.45, 7) is 0.